The molecule has 0 aliphatic rings. The molecule has 3 rings (SSSR count). The first-order valence-corrected chi connectivity index (χ1v) is 9.49. The summed E-state index contributed by atoms with van der Waals surface area (Å²) < 4.78 is 6.93. The fourth-order valence-electron chi connectivity index (χ4n) is 2.61. The van der Waals surface area contributed by atoms with E-state index in [1.807, 2.05) is 17.7 Å². The summed E-state index contributed by atoms with van der Waals surface area (Å²) >= 11 is 6.26. The normalized spacial score (nSPS) is 10.5. The summed E-state index contributed by atoms with van der Waals surface area (Å²) in [5, 5.41) is 13.7. The zero-order chi connectivity index (χ0) is 21.5. The third-order valence-electron chi connectivity index (χ3n) is 4.18. The molecule has 0 aliphatic carbocycles. The van der Waals surface area contributed by atoms with Crippen molar-refractivity contribution < 1.29 is 9.53 Å². The van der Waals surface area contributed by atoms with Crippen molar-refractivity contribution in [3.8, 4) is 0 Å². The molecule has 0 atom stereocenters. The van der Waals surface area contributed by atoms with Gasteiger partial charge in [0.2, 0.25) is 11.9 Å². The molecule has 156 valence electrons. The van der Waals surface area contributed by atoms with Crippen LogP contribution in [0.2, 0.25) is 5.02 Å². The van der Waals surface area contributed by atoms with E-state index in [1.165, 1.54) is 12.3 Å². The Morgan fingerprint density at radius 1 is 1.30 bits per heavy atom. The SMILES string of the molecule is C=CC(=O)Nc1cccc(Nc2nc(Nc3cnn(CCOC)c3C)ncc2Cl)c1. The second-order valence-corrected chi connectivity index (χ2v) is 6.68. The predicted octanol–water partition coefficient (Wildman–Crippen LogP) is 3.89. The van der Waals surface area contributed by atoms with E-state index in [1.54, 1.807) is 31.5 Å². The monoisotopic (exact) mass is 427 g/mol. The molecule has 3 N–H and O–H groups in total. The fraction of sp³-hybridized carbons (Fsp3) is 0.200. The van der Waals surface area contributed by atoms with E-state index in [9.17, 15) is 4.79 Å². The van der Waals surface area contributed by atoms with Gasteiger partial charge >= 0.3 is 0 Å². The number of carbonyl (C=O) groups is 1. The minimum Gasteiger partial charge on any atom is -0.383 e. The zero-order valence-electron chi connectivity index (χ0n) is 16.6. The van der Waals surface area contributed by atoms with E-state index < -0.39 is 0 Å². The average Bonchev–Trinajstić information content (AvgIpc) is 3.08. The van der Waals surface area contributed by atoms with E-state index in [0.29, 0.717) is 41.3 Å². The van der Waals surface area contributed by atoms with E-state index in [0.717, 1.165) is 11.4 Å². The van der Waals surface area contributed by atoms with Gasteiger partial charge in [0.1, 0.15) is 5.02 Å². The topological polar surface area (TPSA) is 106 Å². The molecule has 0 unspecified atom stereocenters. The number of carbonyl (C=O) groups excluding carboxylic acids is 1. The van der Waals surface area contributed by atoms with Gasteiger partial charge in [0, 0.05) is 18.5 Å². The van der Waals surface area contributed by atoms with Gasteiger partial charge in [-0.3, -0.25) is 9.48 Å². The predicted molar refractivity (Wildman–Crippen MR) is 118 cm³/mol. The number of anilines is 5. The maximum Gasteiger partial charge on any atom is 0.247 e. The molecule has 0 fully saturated rings. The number of methoxy groups -OCH3 is 1. The maximum atomic E-state index is 11.5. The molecule has 9 nitrogen and oxygen atoms in total. The molecule has 0 radical (unpaired) electrons. The molecule has 2 heterocycles. The Labute approximate surface area is 179 Å². The van der Waals surface area contributed by atoms with Crippen LogP contribution >= 0.6 is 11.6 Å². The first kappa shape index (κ1) is 21.3. The Hall–Kier alpha value is -3.43. The number of nitrogens with zero attached hydrogens (tertiary/aromatic N) is 4. The molecule has 0 saturated carbocycles. The van der Waals surface area contributed by atoms with Crippen molar-refractivity contribution in [2.45, 2.75) is 13.5 Å². The fourth-order valence-corrected chi connectivity index (χ4v) is 2.75. The highest BCUT2D eigenvalue weighted by molar-refractivity contribution is 6.32. The van der Waals surface area contributed by atoms with Gasteiger partial charge in [-0.15, -0.1) is 0 Å². The molecule has 10 heteroatoms. The molecule has 0 spiro atoms. The highest BCUT2D eigenvalue weighted by Crippen LogP contribution is 2.26. The minimum absolute atomic E-state index is 0.292. The lowest BCUT2D eigenvalue weighted by atomic mass is 10.2. The maximum absolute atomic E-state index is 11.5. The standard InChI is InChI=1S/C20H22ClN7O2/c1-4-18(29)24-14-6-5-7-15(10-14)25-19-16(21)11-22-20(27-19)26-17-12-23-28(13(17)2)8-9-30-3/h4-7,10-12H,1,8-9H2,2-3H3,(H,24,29)(H2,22,25,26,27). The second kappa shape index (κ2) is 9.86. The van der Waals surface area contributed by atoms with Gasteiger partial charge in [-0.1, -0.05) is 24.2 Å². The Bertz CT molecular complexity index is 1050. The summed E-state index contributed by atoms with van der Waals surface area (Å²) in [4.78, 5) is 20.2. The molecular formula is C20H22ClN7O2. The highest BCUT2D eigenvalue weighted by Gasteiger charge is 2.11. The van der Waals surface area contributed by atoms with Gasteiger partial charge in [-0.25, -0.2) is 4.98 Å². The van der Waals surface area contributed by atoms with Crippen molar-refractivity contribution in [3.63, 3.8) is 0 Å². The largest absolute Gasteiger partial charge is 0.383 e. The van der Waals surface area contributed by atoms with Crippen LogP contribution in [0.1, 0.15) is 5.69 Å². The van der Waals surface area contributed by atoms with Crippen LogP contribution in [0.25, 0.3) is 0 Å². The first-order valence-electron chi connectivity index (χ1n) is 9.11. The molecule has 1 amide bonds. The summed E-state index contributed by atoms with van der Waals surface area (Å²) in [6, 6.07) is 7.16. The molecule has 3 aromatic rings. The van der Waals surface area contributed by atoms with Crippen molar-refractivity contribution in [2.24, 2.45) is 0 Å². The third-order valence-corrected chi connectivity index (χ3v) is 4.46. The lowest BCUT2D eigenvalue weighted by Gasteiger charge is -2.11. The smallest absolute Gasteiger partial charge is 0.247 e. The van der Waals surface area contributed by atoms with Crippen molar-refractivity contribution >= 4 is 46.3 Å². The van der Waals surface area contributed by atoms with Gasteiger partial charge in [0.05, 0.1) is 36.9 Å². The lowest BCUT2D eigenvalue weighted by molar-refractivity contribution is -0.111. The van der Waals surface area contributed by atoms with Gasteiger partial charge in [0.15, 0.2) is 5.82 Å². The van der Waals surface area contributed by atoms with Gasteiger partial charge < -0.3 is 20.7 Å². The highest BCUT2D eigenvalue weighted by atomic mass is 35.5. The third kappa shape index (κ3) is 5.34. The van der Waals surface area contributed by atoms with Gasteiger partial charge in [0.25, 0.3) is 0 Å². The van der Waals surface area contributed by atoms with Crippen molar-refractivity contribution in [2.75, 3.05) is 29.7 Å². The van der Waals surface area contributed by atoms with Gasteiger partial charge in [-0.2, -0.15) is 10.1 Å². The van der Waals surface area contributed by atoms with Crippen LogP contribution in [0.5, 0.6) is 0 Å². The molecule has 0 aliphatic heterocycles. The number of aromatic nitrogens is 4. The van der Waals surface area contributed by atoms with E-state index in [4.69, 9.17) is 16.3 Å². The van der Waals surface area contributed by atoms with Crippen LogP contribution in [0.15, 0.2) is 49.3 Å². The van der Waals surface area contributed by atoms with Crippen molar-refractivity contribution in [1.82, 2.24) is 19.7 Å². The number of halogens is 1. The number of rotatable bonds is 9. The van der Waals surface area contributed by atoms with Gasteiger partial charge in [-0.05, 0) is 31.2 Å². The Morgan fingerprint density at radius 3 is 2.87 bits per heavy atom. The van der Waals surface area contributed by atoms with Crippen molar-refractivity contribution in [3.05, 3.63) is 60.0 Å². The van der Waals surface area contributed by atoms with Crippen LogP contribution in [-0.4, -0.2) is 39.4 Å². The number of nitrogens with one attached hydrogen (secondary N) is 3. The molecule has 2 aromatic heterocycles. The molecule has 30 heavy (non-hydrogen) atoms. The number of hydrogen-bond donors (Lipinski definition) is 3. The van der Waals surface area contributed by atoms with Crippen LogP contribution in [0, 0.1) is 6.92 Å². The quantitative estimate of drug-likeness (QED) is 0.445. The summed E-state index contributed by atoms with van der Waals surface area (Å²) in [6.07, 6.45) is 4.42. The van der Waals surface area contributed by atoms with E-state index >= 15 is 0 Å². The van der Waals surface area contributed by atoms with Crippen molar-refractivity contribution in [1.29, 1.82) is 0 Å². The number of hydrogen-bond acceptors (Lipinski definition) is 7. The Balaban J connectivity index is 1.76. The van der Waals surface area contributed by atoms with Crippen LogP contribution in [-0.2, 0) is 16.1 Å². The minimum atomic E-state index is -0.292. The summed E-state index contributed by atoms with van der Waals surface area (Å²) in [5.41, 5.74) is 3.04. The second-order valence-electron chi connectivity index (χ2n) is 6.27. The summed E-state index contributed by atoms with van der Waals surface area (Å²) in [5.74, 6) is 0.498. The Kier molecular flexibility index (Phi) is 6.99. The van der Waals surface area contributed by atoms with E-state index in [2.05, 4.69) is 37.6 Å². The van der Waals surface area contributed by atoms with Crippen LogP contribution in [0.4, 0.5) is 28.8 Å². The Morgan fingerprint density at radius 2 is 2.10 bits per heavy atom. The zero-order valence-corrected chi connectivity index (χ0v) is 17.4. The molecule has 1 aromatic carbocycles. The van der Waals surface area contributed by atoms with E-state index in [-0.39, 0.29) is 5.91 Å². The van der Waals surface area contributed by atoms with Crippen LogP contribution < -0.4 is 16.0 Å². The summed E-state index contributed by atoms with van der Waals surface area (Å²) in [6.45, 7) is 6.61. The molecule has 0 bridgehead atoms. The number of ether oxygens (including phenoxy) is 1. The number of amides is 1. The number of benzene rings is 1. The first-order chi connectivity index (χ1) is 14.5. The lowest BCUT2D eigenvalue weighted by Crippen LogP contribution is -2.08. The molecule has 0 saturated heterocycles. The van der Waals surface area contributed by atoms with Crippen LogP contribution in [0.3, 0.4) is 0 Å². The summed E-state index contributed by atoms with van der Waals surface area (Å²) in [7, 11) is 1.65. The average molecular weight is 428 g/mol. The molecular weight excluding hydrogens is 406 g/mol.